The third-order valence-electron chi connectivity index (χ3n) is 3.46. The molecule has 0 spiro atoms. The molecule has 2 aromatic rings. The maximum atomic E-state index is 12.5. The number of carbonyl (C=O) groups is 1. The average molecular weight is 339 g/mol. The van der Waals surface area contributed by atoms with Crippen LogP contribution in [0.15, 0.2) is 18.2 Å². The Labute approximate surface area is 139 Å². The molecule has 1 aromatic heterocycles. The second-order valence-electron chi connectivity index (χ2n) is 5.14. The van der Waals surface area contributed by atoms with Crippen molar-refractivity contribution in [3.63, 3.8) is 0 Å². The van der Waals surface area contributed by atoms with Gasteiger partial charge in [-0.25, -0.2) is 0 Å². The first kappa shape index (κ1) is 16.6. The largest absolute Gasteiger partial charge is 0.496 e. The molecule has 6 heteroatoms. The number of ether oxygens (including phenoxy) is 1. The fraction of sp³-hybridized carbons (Fsp3) is 0.312. The molecule has 1 heterocycles. The molecule has 0 aliphatic heterocycles. The molecular weight excluding hydrogens is 320 g/mol. The van der Waals surface area contributed by atoms with Crippen molar-refractivity contribution in [2.45, 2.75) is 26.8 Å². The summed E-state index contributed by atoms with van der Waals surface area (Å²) in [5.74, 6) is 0.166. The molecule has 0 bridgehead atoms. The number of nitrogens with one attached hydrogen (secondary N) is 1. The molecule has 22 heavy (non-hydrogen) atoms. The molecule has 3 N–H and O–H groups in total. The van der Waals surface area contributed by atoms with E-state index in [1.165, 1.54) is 22.9 Å². The Bertz CT molecular complexity index is 712. The summed E-state index contributed by atoms with van der Waals surface area (Å²) in [7, 11) is 1.50. The third kappa shape index (κ3) is 3.36. The fourth-order valence-corrected chi connectivity index (χ4v) is 3.53. The highest BCUT2D eigenvalue weighted by Crippen LogP contribution is 2.30. The smallest absolute Gasteiger partial charge is 0.255 e. The van der Waals surface area contributed by atoms with E-state index in [-0.39, 0.29) is 11.9 Å². The van der Waals surface area contributed by atoms with Gasteiger partial charge in [0.25, 0.3) is 5.91 Å². The second kappa shape index (κ2) is 6.58. The lowest BCUT2D eigenvalue weighted by Gasteiger charge is -2.16. The highest BCUT2D eigenvalue weighted by Gasteiger charge is 2.19. The summed E-state index contributed by atoms with van der Waals surface area (Å²) in [5, 5.41) is 3.31. The molecule has 1 amide bonds. The molecule has 4 nitrogen and oxygen atoms in total. The highest BCUT2D eigenvalue weighted by molar-refractivity contribution is 7.12. The van der Waals surface area contributed by atoms with E-state index in [9.17, 15) is 4.79 Å². The number of thiophene rings is 1. The molecule has 1 atom stereocenters. The SMILES string of the molecule is COc1cc(N)c(Cl)cc1C(=O)NC(C)c1cc(C)sc1C. The monoisotopic (exact) mass is 338 g/mol. The Balaban J connectivity index is 2.25. The molecule has 2 rings (SSSR count). The number of hydrogen-bond acceptors (Lipinski definition) is 4. The first-order valence-corrected chi connectivity index (χ1v) is 8.03. The number of methoxy groups -OCH3 is 1. The van der Waals surface area contributed by atoms with Crippen molar-refractivity contribution in [2.75, 3.05) is 12.8 Å². The molecule has 0 saturated heterocycles. The highest BCUT2D eigenvalue weighted by atomic mass is 35.5. The van der Waals surface area contributed by atoms with Gasteiger partial charge < -0.3 is 15.8 Å². The predicted molar refractivity (Wildman–Crippen MR) is 92.1 cm³/mol. The van der Waals surface area contributed by atoms with Gasteiger partial charge >= 0.3 is 0 Å². The predicted octanol–water partition coefficient (Wildman–Crippen LogP) is 4.10. The Morgan fingerprint density at radius 1 is 1.36 bits per heavy atom. The number of carbonyl (C=O) groups excluding carboxylic acids is 1. The molecule has 0 aliphatic rings. The molecular formula is C16H19ClN2O2S. The van der Waals surface area contributed by atoms with Crippen LogP contribution in [-0.2, 0) is 0 Å². The number of anilines is 1. The Morgan fingerprint density at radius 3 is 2.59 bits per heavy atom. The van der Waals surface area contributed by atoms with Crippen LogP contribution in [0.25, 0.3) is 0 Å². The van der Waals surface area contributed by atoms with Crippen LogP contribution in [0.3, 0.4) is 0 Å². The van der Waals surface area contributed by atoms with Crippen LogP contribution in [0.2, 0.25) is 5.02 Å². The van der Waals surface area contributed by atoms with Crippen molar-refractivity contribution in [1.29, 1.82) is 0 Å². The quantitative estimate of drug-likeness (QED) is 0.825. The van der Waals surface area contributed by atoms with Gasteiger partial charge in [-0.05, 0) is 38.5 Å². The minimum atomic E-state index is -0.241. The molecule has 0 saturated carbocycles. The number of benzene rings is 1. The summed E-state index contributed by atoms with van der Waals surface area (Å²) in [6.07, 6.45) is 0. The summed E-state index contributed by atoms with van der Waals surface area (Å²) in [5.41, 5.74) is 7.61. The van der Waals surface area contributed by atoms with Gasteiger partial charge in [0, 0.05) is 15.8 Å². The standard InChI is InChI=1S/C16H19ClN2O2S/c1-8-5-11(10(3)22-8)9(2)19-16(20)12-6-13(17)14(18)7-15(12)21-4/h5-7,9H,18H2,1-4H3,(H,19,20). The van der Waals surface area contributed by atoms with Crippen molar-refractivity contribution < 1.29 is 9.53 Å². The summed E-state index contributed by atoms with van der Waals surface area (Å²) < 4.78 is 5.22. The number of amides is 1. The van der Waals surface area contributed by atoms with E-state index in [0.717, 1.165) is 5.56 Å². The number of hydrogen-bond donors (Lipinski definition) is 2. The summed E-state index contributed by atoms with van der Waals surface area (Å²) >= 11 is 7.73. The zero-order chi connectivity index (χ0) is 16.4. The topological polar surface area (TPSA) is 64.3 Å². The normalized spacial score (nSPS) is 12.0. The van der Waals surface area contributed by atoms with Gasteiger partial charge in [-0.1, -0.05) is 11.6 Å². The van der Waals surface area contributed by atoms with Crippen molar-refractivity contribution >= 4 is 34.5 Å². The van der Waals surface area contributed by atoms with E-state index < -0.39 is 0 Å². The van der Waals surface area contributed by atoms with Gasteiger partial charge in [0.2, 0.25) is 0 Å². The Hall–Kier alpha value is -1.72. The number of halogens is 1. The maximum absolute atomic E-state index is 12.5. The van der Waals surface area contributed by atoms with Crippen LogP contribution < -0.4 is 15.8 Å². The third-order valence-corrected chi connectivity index (χ3v) is 4.77. The van der Waals surface area contributed by atoms with Crippen LogP contribution in [0, 0.1) is 13.8 Å². The molecule has 1 unspecified atom stereocenters. The number of rotatable bonds is 4. The first-order valence-electron chi connectivity index (χ1n) is 6.84. The van der Waals surface area contributed by atoms with Crippen LogP contribution in [0.4, 0.5) is 5.69 Å². The number of aryl methyl sites for hydroxylation is 2. The zero-order valence-electron chi connectivity index (χ0n) is 13.0. The lowest BCUT2D eigenvalue weighted by molar-refractivity contribution is 0.0937. The van der Waals surface area contributed by atoms with E-state index in [1.54, 1.807) is 17.4 Å². The average Bonchev–Trinajstić information content (AvgIpc) is 2.80. The van der Waals surface area contributed by atoms with E-state index in [1.807, 2.05) is 6.92 Å². The Kier molecular flexibility index (Phi) is 4.98. The molecule has 0 radical (unpaired) electrons. The van der Waals surface area contributed by atoms with Crippen LogP contribution >= 0.6 is 22.9 Å². The van der Waals surface area contributed by atoms with Crippen molar-refractivity contribution in [3.05, 3.63) is 44.1 Å². The van der Waals surface area contributed by atoms with E-state index in [0.29, 0.717) is 22.0 Å². The fourth-order valence-electron chi connectivity index (χ4n) is 2.35. The van der Waals surface area contributed by atoms with Crippen molar-refractivity contribution in [2.24, 2.45) is 0 Å². The van der Waals surface area contributed by atoms with Crippen molar-refractivity contribution in [3.8, 4) is 5.75 Å². The summed E-state index contributed by atoms with van der Waals surface area (Å²) in [6, 6.07) is 5.09. The van der Waals surface area contributed by atoms with Crippen LogP contribution in [0.1, 0.15) is 38.6 Å². The van der Waals surface area contributed by atoms with Gasteiger partial charge in [-0.2, -0.15) is 0 Å². The first-order chi connectivity index (χ1) is 10.3. The van der Waals surface area contributed by atoms with Gasteiger partial charge in [0.05, 0.1) is 29.4 Å². The maximum Gasteiger partial charge on any atom is 0.255 e. The van der Waals surface area contributed by atoms with E-state index in [2.05, 4.69) is 25.2 Å². The molecule has 118 valence electrons. The molecule has 0 aliphatic carbocycles. The zero-order valence-corrected chi connectivity index (χ0v) is 14.6. The Morgan fingerprint density at radius 2 is 2.05 bits per heavy atom. The van der Waals surface area contributed by atoms with Crippen LogP contribution in [-0.4, -0.2) is 13.0 Å². The van der Waals surface area contributed by atoms with Gasteiger partial charge in [0.15, 0.2) is 0 Å². The van der Waals surface area contributed by atoms with E-state index >= 15 is 0 Å². The minimum Gasteiger partial charge on any atom is -0.496 e. The van der Waals surface area contributed by atoms with Crippen molar-refractivity contribution in [1.82, 2.24) is 5.32 Å². The van der Waals surface area contributed by atoms with Gasteiger partial charge in [-0.15, -0.1) is 11.3 Å². The lowest BCUT2D eigenvalue weighted by Crippen LogP contribution is -2.27. The molecule has 1 aromatic carbocycles. The second-order valence-corrected chi connectivity index (χ2v) is 7.01. The molecule has 0 fully saturated rings. The van der Waals surface area contributed by atoms with E-state index in [4.69, 9.17) is 22.1 Å². The lowest BCUT2D eigenvalue weighted by atomic mass is 10.1. The van der Waals surface area contributed by atoms with Gasteiger partial charge in [0.1, 0.15) is 5.75 Å². The number of nitrogen functional groups attached to an aromatic ring is 1. The summed E-state index contributed by atoms with van der Waals surface area (Å²) in [4.78, 5) is 14.9. The minimum absolute atomic E-state index is 0.0986. The van der Waals surface area contributed by atoms with Gasteiger partial charge in [-0.3, -0.25) is 4.79 Å². The summed E-state index contributed by atoms with van der Waals surface area (Å²) in [6.45, 7) is 6.06. The number of nitrogens with two attached hydrogens (primary N) is 1. The van der Waals surface area contributed by atoms with Crippen LogP contribution in [0.5, 0.6) is 5.75 Å².